The first-order valence-corrected chi connectivity index (χ1v) is 9.32. The van der Waals surface area contributed by atoms with Gasteiger partial charge in [0.1, 0.15) is 17.1 Å². The Balaban J connectivity index is 1.90. The lowest BCUT2D eigenvalue weighted by molar-refractivity contribution is 0.00234. The summed E-state index contributed by atoms with van der Waals surface area (Å²) in [5, 5.41) is 11.1. The van der Waals surface area contributed by atoms with Crippen molar-refractivity contribution in [3.63, 3.8) is 0 Å². The number of imide groups is 1. The Kier molecular flexibility index (Phi) is 3.90. The Labute approximate surface area is 157 Å². The maximum atomic E-state index is 13.3. The van der Waals surface area contributed by atoms with Crippen molar-refractivity contribution < 1.29 is 19.4 Å². The smallest absolute Gasteiger partial charge is 0.417 e. The van der Waals surface area contributed by atoms with Crippen LogP contribution in [0.1, 0.15) is 68.8 Å². The zero-order chi connectivity index (χ0) is 19.5. The third kappa shape index (κ3) is 2.74. The number of aromatic nitrogens is 3. The summed E-state index contributed by atoms with van der Waals surface area (Å²) in [6.45, 7) is 7.08. The van der Waals surface area contributed by atoms with E-state index in [1.165, 1.54) is 11.1 Å². The molecule has 144 valence electrons. The van der Waals surface area contributed by atoms with Gasteiger partial charge in [0.05, 0.1) is 17.5 Å². The van der Waals surface area contributed by atoms with E-state index in [1.807, 2.05) is 4.57 Å². The minimum Gasteiger partial charge on any atom is -0.505 e. The molecule has 1 fully saturated rings. The summed E-state index contributed by atoms with van der Waals surface area (Å²) in [6, 6.07) is -0.435. The number of nitrogens with zero attached hydrogens (tertiary/aromatic N) is 4. The minimum atomic E-state index is -0.712. The fraction of sp³-hybridized carbons (Fsp3) is 0.579. The van der Waals surface area contributed by atoms with Gasteiger partial charge < -0.3 is 14.4 Å². The molecule has 8 heteroatoms. The van der Waals surface area contributed by atoms with E-state index in [2.05, 4.69) is 9.97 Å². The lowest BCUT2D eigenvalue weighted by atomic mass is 9.87. The summed E-state index contributed by atoms with van der Waals surface area (Å²) in [7, 11) is 0. The predicted molar refractivity (Wildman–Crippen MR) is 97.6 cm³/mol. The predicted octanol–water partition coefficient (Wildman–Crippen LogP) is 3.32. The van der Waals surface area contributed by atoms with E-state index in [-0.39, 0.29) is 23.5 Å². The molecular weight excluding hydrogens is 348 g/mol. The molecule has 0 radical (unpaired) electrons. The van der Waals surface area contributed by atoms with Gasteiger partial charge >= 0.3 is 6.09 Å². The Morgan fingerprint density at radius 1 is 1.26 bits per heavy atom. The minimum absolute atomic E-state index is 0.0962. The Hall–Kier alpha value is -2.64. The molecule has 0 spiro atoms. The monoisotopic (exact) mass is 372 g/mol. The Morgan fingerprint density at radius 2 is 1.93 bits per heavy atom. The van der Waals surface area contributed by atoms with Gasteiger partial charge in [-0.25, -0.2) is 19.7 Å². The van der Waals surface area contributed by atoms with Crippen LogP contribution in [0.5, 0.6) is 5.75 Å². The lowest BCUT2D eigenvalue weighted by Gasteiger charge is -2.43. The van der Waals surface area contributed by atoms with Crippen molar-refractivity contribution in [3.05, 3.63) is 17.7 Å². The summed E-state index contributed by atoms with van der Waals surface area (Å²) >= 11 is 0. The highest BCUT2D eigenvalue weighted by atomic mass is 16.6. The number of ether oxygens (including phenoxy) is 1. The highest BCUT2D eigenvalue weighted by Crippen LogP contribution is 2.44. The van der Waals surface area contributed by atoms with Crippen molar-refractivity contribution in [2.24, 2.45) is 0 Å². The number of fused-ring (bicyclic) bond motifs is 5. The van der Waals surface area contributed by atoms with Gasteiger partial charge in [-0.15, -0.1) is 0 Å². The van der Waals surface area contributed by atoms with Crippen molar-refractivity contribution >= 4 is 23.0 Å². The third-order valence-corrected chi connectivity index (χ3v) is 5.21. The van der Waals surface area contributed by atoms with E-state index < -0.39 is 17.6 Å². The van der Waals surface area contributed by atoms with Crippen molar-refractivity contribution in [1.82, 2.24) is 19.4 Å². The second-order valence-electron chi connectivity index (χ2n) is 8.30. The molecule has 1 N–H and O–H groups in total. The lowest BCUT2D eigenvalue weighted by Crippen LogP contribution is -2.55. The second kappa shape index (κ2) is 5.94. The first-order chi connectivity index (χ1) is 12.7. The summed E-state index contributed by atoms with van der Waals surface area (Å²) in [4.78, 5) is 35.9. The van der Waals surface area contributed by atoms with Gasteiger partial charge in [0.2, 0.25) is 0 Å². The molecule has 1 saturated carbocycles. The van der Waals surface area contributed by atoms with Crippen LogP contribution in [0, 0.1) is 6.92 Å². The molecule has 2 aliphatic rings. The summed E-state index contributed by atoms with van der Waals surface area (Å²) < 4.78 is 7.30. The molecule has 2 aromatic rings. The van der Waals surface area contributed by atoms with Crippen LogP contribution in [0.3, 0.4) is 0 Å². The van der Waals surface area contributed by atoms with Gasteiger partial charge in [0.25, 0.3) is 5.91 Å². The molecule has 0 saturated heterocycles. The SMILES string of the molecule is Cc1ncc2c(O)c3n(c2n1)[C@H]1CCCC[C@@H]1N(C(=O)OC(C)(C)C)C3=O. The molecule has 0 aromatic carbocycles. The number of hydrogen-bond donors (Lipinski definition) is 1. The van der Waals surface area contributed by atoms with Crippen LogP contribution in [0.4, 0.5) is 4.79 Å². The Bertz CT molecular complexity index is 943. The maximum Gasteiger partial charge on any atom is 0.417 e. The van der Waals surface area contributed by atoms with E-state index >= 15 is 0 Å². The van der Waals surface area contributed by atoms with E-state index in [1.54, 1.807) is 27.7 Å². The second-order valence-corrected chi connectivity index (χ2v) is 8.30. The van der Waals surface area contributed by atoms with E-state index in [4.69, 9.17) is 4.74 Å². The topological polar surface area (TPSA) is 97.6 Å². The van der Waals surface area contributed by atoms with E-state index in [9.17, 15) is 14.7 Å². The standard InChI is InChI=1S/C19H24N4O4/c1-10-20-9-11-15(24)14-17(25)23(18(26)27-19(2,3)4)13-8-6-5-7-12(13)22(14)16(11)21-10/h9,12-13,24H,5-8H2,1-4H3/t12-,13-/m0/s1. The Morgan fingerprint density at radius 3 is 2.59 bits per heavy atom. The van der Waals surface area contributed by atoms with Crippen LogP contribution < -0.4 is 0 Å². The quantitative estimate of drug-likeness (QED) is 0.762. The van der Waals surface area contributed by atoms with Gasteiger partial charge in [-0.3, -0.25) is 4.79 Å². The van der Waals surface area contributed by atoms with Gasteiger partial charge in [-0.1, -0.05) is 12.8 Å². The molecule has 2 aromatic heterocycles. The van der Waals surface area contributed by atoms with Crippen molar-refractivity contribution in [2.75, 3.05) is 0 Å². The van der Waals surface area contributed by atoms with Crippen LogP contribution in [-0.2, 0) is 4.74 Å². The molecule has 1 aliphatic heterocycles. The molecule has 0 unspecified atom stereocenters. The van der Waals surface area contributed by atoms with Crippen molar-refractivity contribution in [3.8, 4) is 5.75 Å². The summed E-state index contributed by atoms with van der Waals surface area (Å²) in [5.74, 6) is -0.148. The number of hydrogen-bond acceptors (Lipinski definition) is 6. The highest BCUT2D eigenvalue weighted by Gasteiger charge is 2.48. The van der Waals surface area contributed by atoms with Crippen molar-refractivity contribution in [2.45, 2.75) is 71.1 Å². The normalized spacial score (nSPS) is 22.5. The first kappa shape index (κ1) is 17.8. The molecule has 4 rings (SSSR count). The maximum absolute atomic E-state index is 13.3. The van der Waals surface area contributed by atoms with E-state index in [0.29, 0.717) is 23.3 Å². The third-order valence-electron chi connectivity index (χ3n) is 5.21. The molecule has 0 bridgehead atoms. The summed E-state index contributed by atoms with van der Waals surface area (Å²) in [5.41, 5.74) is -0.0703. The molecule has 8 nitrogen and oxygen atoms in total. The first-order valence-electron chi connectivity index (χ1n) is 9.32. The molecular formula is C19H24N4O4. The molecule has 27 heavy (non-hydrogen) atoms. The highest BCUT2D eigenvalue weighted by molar-refractivity contribution is 6.09. The van der Waals surface area contributed by atoms with Crippen LogP contribution in [0.2, 0.25) is 0 Å². The van der Waals surface area contributed by atoms with Crippen LogP contribution in [0.15, 0.2) is 6.20 Å². The number of carbonyl (C=O) groups excluding carboxylic acids is 2. The molecule has 2 atom stereocenters. The fourth-order valence-corrected chi connectivity index (χ4v) is 4.17. The molecule has 2 amide bonds. The molecule has 3 heterocycles. The van der Waals surface area contributed by atoms with Gasteiger partial charge in [0.15, 0.2) is 11.4 Å². The van der Waals surface area contributed by atoms with E-state index in [0.717, 1.165) is 19.3 Å². The number of rotatable bonds is 0. The summed E-state index contributed by atoms with van der Waals surface area (Å²) in [6.07, 6.45) is 4.30. The fourth-order valence-electron chi connectivity index (χ4n) is 4.17. The van der Waals surface area contributed by atoms with Gasteiger partial charge in [0, 0.05) is 6.20 Å². The van der Waals surface area contributed by atoms with Crippen molar-refractivity contribution in [1.29, 1.82) is 0 Å². The average molecular weight is 372 g/mol. The average Bonchev–Trinajstić information content (AvgIpc) is 2.86. The van der Waals surface area contributed by atoms with Crippen LogP contribution >= 0.6 is 0 Å². The number of carbonyl (C=O) groups is 2. The number of aromatic hydroxyl groups is 1. The van der Waals surface area contributed by atoms with Gasteiger partial charge in [-0.05, 0) is 40.5 Å². The zero-order valence-corrected chi connectivity index (χ0v) is 16.0. The zero-order valence-electron chi connectivity index (χ0n) is 16.0. The molecule has 1 aliphatic carbocycles. The number of aryl methyl sites for hydroxylation is 1. The largest absolute Gasteiger partial charge is 0.505 e. The number of amides is 2. The van der Waals surface area contributed by atoms with Crippen LogP contribution in [-0.4, -0.2) is 48.2 Å². The van der Waals surface area contributed by atoms with Crippen LogP contribution in [0.25, 0.3) is 11.0 Å². The van der Waals surface area contributed by atoms with Gasteiger partial charge in [-0.2, -0.15) is 0 Å².